The summed E-state index contributed by atoms with van der Waals surface area (Å²) in [7, 11) is 7.13. The number of rotatable bonds is 8. The zero-order chi connectivity index (χ0) is 25.5. The number of hydrogen-bond acceptors (Lipinski definition) is 9. The predicted octanol–water partition coefficient (Wildman–Crippen LogP) is 3.78. The molecule has 2 aromatic carbocycles. The lowest BCUT2D eigenvalue weighted by molar-refractivity contribution is -0.158. The molecule has 2 bridgehead atoms. The van der Waals surface area contributed by atoms with E-state index in [1.165, 1.54) is 35.5 Å². The highest BCUT2D eigenvalue weighted by molar-refractivity contribution is 9.10. The summed E-state index contributed by atoms with van der Waals surface area (Å²) in [5.74, 6) is -1.30. The van der Waals surface area contributed by atoms with Gasteiger partial charge in [0.05, 0.1) is 52.7 Å². The molecule has 0 aliphatic carbocycles. The van der Waals surface area contributed by atoms with Crippen molar-refractivity contribution in [2.45, 2.75) is 18.6 Å². The Balaban J connectivity index is 2.07. The minimum atomic E-state index is -1.40. The summed E-state index contributed by atoms with van der Waals surface area (Å²) in [6, 6.07) is 7.10. The number of methoxy groups -OCH3 is 5. The van der Waals surface area contributed by atoms with Crippen LogP contribution in [-0.2, 0) is 29.4 Å². The largest absolute Gasteiger partial charge is 0.493 e. The van der Waals surface area contributed by atoms with Gasteiger partial charge >= 0.3 is 11.9 Å². The van der Waals surface area contributed by atoms with Crippen molar-refractivity contribution in [3.05, 3.63) is 45.4 Å². The van der Waals surface area contributed by atoms with Crippen molar-refractivity contribution in [3.63, 3.8) is 0 Å². The highest BCUT2D eigenvalue weighted by Crippen LogP contribution is 2.66. The Labute approximate surface area is 211 Å². The second-order valence-electron chi connectivity index (χ2n) is 8.04. The summed E-state index contributed by atoms with van der Waals surface area (Å²) in [5, 5.41) is 0. The van der Waals surface area contributed by atoms with Crippen LogP contribution in [0.5, 0.6) is 23.0 Å². The van der Waals surface area contributed by atoms with Crippen LogP contribution >= 0.6 is 15.9 Å². The first-order chi connectivity index (χ1) is 16.8. The van der Waals surface area contributed by atoms with Crippen molar-refractivity contribution >= 4 is 27.9 Å². The number of carbonyl (C=O) groups excluding carboxylic acids is 2. The normalized spacial score (nSPS) is 23.9. The molecule has 188 valence electrons. The van der Waals surface area contributed by atoms with E-state index < -0.39 is 35.5 Å². The first kappa shape index (κ1) is 25.1. The van der Waals surface area contributed by atoms with Crippen molar-refractivity contribution in [2.24, 2.45) is 11.8 Å². The average Bonchev–Trinajstić information content (AvgIpc) is 3.39. The van der Waals surface area contributed by atoms with Gasteiger partial charge in [0.2, 0.25) is 0 Å². The van der Waals surface area contributed by atoms with Crippen LogP contribution in [0.25, 0.3) is 0 Å². The van der Waals surface area contributed by atoms with E-state index in [0.29, 0.717) is 50.8 Å². The summed E-state index contributed by atoms with van der Waals surface area (Å²) < 4.78 is 39.9. The number of ether oxygens (including phenoxy) is 7. The lowest BCUT2D eigenvalue weighted by Crippen LogP contribution is -2.45. The van der Waals surface area contributed by atoms with E-state index in [9.17, 15) is 9.59 Å². The van der Waals surface area contributed by atoms with E-state index in [1.54, 1.807) is 24.3 Å². The maximum absolute atomic E-state index is 13.3. The summed E-state index contributed by atoms with van der Waals surface area (Å²) in [5.41, 5.74) is 0.540. The average molecular weight is 551 g/mol. The highest BCUT2D eigenvalue weighted by Gasteiger charge is 2.69. The second kappa shape index (κ2) is 9.58. The van der Waals surface area contributed by atoms with Crippen LogP contribution in [0.2, 0.25) is 0 Å². The third kappa shape index (κ3) is 3.61. The third-order valence-electron chi connectivity index (χ3n) is 6.57. The molecule has 2 heterocycles. The van der Waals surface area contributed by atoms with E-state index in [4.69, 9.17) is 33.2 Å². The molecule has 4 rings (SSSR count). The quantitative estimate of drug-likeness (QED) is 0.454. The standard InChI is InChI=1S/C25H27BrO9/c1-7-34-17-10-13-14(11-16(17)29-2)25(12-8-15(26)22(31-4)18(9-12)30-3)20(24(28)33-6)19(21(13)35-25)23(27)32-5/h8-11,19-21H,7H2,1-6H3/t19?,20?,21-,25+/m1/s1. The van der Waals surface area contributed by atoms with Crippen molar-refractivity contribution < 1.29 is 42.7 Å². The van der Waals surface area contributed by atoms with Crippen LogP contribution in [0.3, 0.4) is 0 Å². The molecule has 1 fully saturated rings. The van der Waals surface area contributed by atoms with Crippen molar-refractivity contribution in [3.8, 4) is 23.0 Å². The van der Waals surface area contributed by atoms with Gasteiger partial charge in [-0.3, -0.25) is 9.59 Å². The molecule has 1 saturated heterocycles. The number of carbonyl (C=O) groups is 2. The van der Waals surface area contributed by atoms with Crippen molar-refractivity contribution in [1.29, 1.82) is 0 Å². The first-order valence-corrected chi connectivity index (χ1v) is 11.7. The van der Waals surface area contributed by atoms with Crippen LogP contribution in [0.4, 0.5) is 0 Å². The lowest BCUT2D eigenvalue weighted by Gasteiger charge is -2.36. The van der Waals surface area contributed by atoms with Gasteiger partial charge in [0.1, 0.15) is 17.4 Å². The highest BCUT2D eigenvalue weighted by atomic mass is 79.9. The van der Waals surface area contributed by atoms with Crippen LogP contribution in [0.15, 0.2) is 28.7 Å². The maximum Gasteiger partial charge on any atom is 0.313 e. The van der Waals surface area contributed by atoms with Gasteiger partial charge in [0.25, 0.3) is 0 Å². The summed E-state index contributed by atoms with van der Waals surface area (Å²) >= 11 is 3.53. The number of fused-ring (bicyclic) bond motifs is 5. The van der Waals surface area contributed by atoms with Crippen LogP contribution < -0.4 is 18.9 Å². The van der Waals surface area contributed by atoms with E-state index in [-0.39, 0.29) is 0 Å². The summed E-state index contributed by atoms with van der Waals surface area (Å²) in [6.45, 7) is 2.28. The molecule has 35 heavy (non-hydrogen) atoms. The maximum atomic E-state index is 13.3. The molecule has 0 N–H and O–H groups in total. The molecule has 2 unspecified atom stereocenters. The topological polar surface area (TPSA) is 98.8 Å². The van der Waals surface area contributed by atoms with Gasteiger partial charge in [-0.2, -0.15) is 0 Å². The Hall–Kier alpha value is -2.98. The zero-order valence-corrected chi connectivity index (χ0v) is 21.9. The molecule has 10 heteroatoms. The number of hydrogen-bond donors (Lipinski definition) is 0. The SMILES string of the molecule is CCOc1cc2c(cc1OC)[C@]1(c3cc(Br)c(OC)c(OC)c3)O[C@H]2C(C(=O)OC)C1C(=O)OC. The molecule has 0 saturated carbocycles. The monoisotopic (exact) mass is 550 g/mol. The zero-order valence-electron chi connectivity index (χ0n) is 20.3. The van der Waals surface area contributed by atoms with Gasteiger partial charge in [0, 0.05) is 0 Å². The van der Waals surface area contributed by atoms with Crippen molar-refractivity contribution in [1.82, 2.24) is 0 Å². The second-order valence-corrected chi connectivity index (χ2v) is 8.90. The number of halogens is 1. The van der Waals surface area contributed by atoms with Gasteiger partial charge < -0.3 is 33.2 Å². The first-order valence-electron chi connectivity index (χ1n) is 10.9. The molecular formula is C25H27BrO9. The molecule has 0 aromatic heterocycles. The Morgan fingerprint density at radius 1 is 0.914 bits per heavy atom. The number of esters is 2. The summed E-state index contributed by atoms with van der Waals surface area (Å²) in [4.78, 5) is 26.3. The fourth-order valence-electron chi connectivity index (χ4n) is 5.19. The van der Waals surface area contributed by atoms with Crippen LogP contribution in [-0.4, -0.2) is 54.1 Å². The molecule has 4 atom stereocenters. The van der Waals surface area contributed by atoms with Gasteiger partial charge in [-0.05, 0) is 63.8 Å². The fourth-order valence-corrected chi connectivity index (χ4v) is 5.80. The minimum absolute atomic E-state index is 0.416. The molecule has 2 aliphatic rings. The van der Waals surface area contributed by atoms with Gasteiger partial charge in [-0.15, -0.1) is 0 Å². The predicted molar refractivity (Wildman–Crippen MR) is 127 cm³/mol. The van der Waals surface area contributed by atoms with Crippen LogP contribution in [0.1, 0.15) is 29.7 Å². The van der Waals surface area contributed by atoms with Crippen LogP contribution in [0, 0.1) is 11.8 Å². The molecule has 2 aromatic rings. The van der Waals surface area contributed by atoms with E-state index >= 15 is 0 Å². The molecule has 0 spiro atoms. The van der Waals surface area contributed by atoms with Gasteiger partial charge in [-0.25, -0.2) is 0 Å². The lowest BCUT2D eigenvalue weighted by atomic mass is 9.65. The Bertz CT molecular complexity index is 1160. The smallest absolute Gasteiger partial charge is 0.313 e. The van der Waals surface area contributed by atoms with E-state index in [2.05, 4.69) is 15.9 Å². The van der Waals surface area contributed by atoms with E-state index in [0.717, 1.165) is 0 Å². The van der Waals surface area contributed by atoms with Gasteiger partial charge in [0.15, 0.2) is 23.0 Å². The number of benzene rings is 2. The fraction of sp³-hybridized carbons (Fsp3) is 0.440. The molecule has 0 amide bonds. The molecular weight excluding hydrogens is 524 g/mol. The summed E-state index contributed by atoms with van der Waals surface area (Å²) in [6.07, 6.45) is -0.779. The Morgan fingerprint density at radius 2 is 1.60 bits per heavy atom. The molecule has 9 nitrogen and oxygen atoms in total. The Kier molecular flexibility index (Phi) is 6.88. The minimum Gasteiger partial charge on any atom is -0.493 e. The molecule has 0 radical (unpaired) electrons. The van der Waals surface area contributed by atoms with Gasteiger partial charge in [-0.1, -0.05) is 0 Å². The van der Waals surface area contributed by atoms with Crippen molar-refractivity contribution in [2.75, 3.05) is 42.2 Å². The third-order valence-corrected chi connectivity index (χ3v) is 7.16. The Morgan fingerprint density at radius 3 is 2.17 bits per heavy atom. The van der Waals surface area contributed by atoms with E-state index in [1.807, 2.05) is 6.92 Å². The molecule has 2 aliphatic heterocycles.